The topological polar surface area (TPSA) is 47.3 Å². The Morgan fingerprint density at radius 3 is 2.32 bits per heavy atom. The van der Waals surface area contributed by atoms with E-state index in [4.69, 9.17) is 11.6 Å². The Kier molecular flexibility index (Phi) is 4.41. The highest BCUT2D eigenvalue weighted by Gasteiger charge is 2.25. The first-order valence-electron chi connectivity index (χ1n) is 6.26. The largest absolute Gasteiger partial charge is 0.340 e. The third-order valence-electron chi connectivity index (χ3n) is 3.43. The minimum Gasteiger partial charge on any atom is -0.340 e. The van der Waals surface area contributed by atoms with Gasteiger partial charge in [-0.05, 0) is 17.7 Å². The fourth-order valence-corrected chi connectivity index (χ4v) is 2.43. The molecule has 0 N–H and O–H groups in total. The predicted molar refractivity (Wildman–Crippen MR) is 73.6 cm³/mol. The quantitative estimate of drug-likeness (QED) is 0.831. The Morgan fingerprint density at radius 2 is 1.84 bits per heavy atom. The standard InChI is InChI=1S/C14H16ClN3O/c1-11(19)17-6-8-18(9-7-17)14(10-16)12-2-4-13(15)5-3-12/h2-5,14H,6-9H2,1H3. The van der Waals surface area contributed by atoms with Crippen LogP contribution in [0.15, 0.2) is 24.3 Å². The van der Waals surface area contributed by atoms with Gasteiger partial charge in [0.25, 0.3) is 0 Å². The van der Waals surface area contributed by atoms with Gasteiger partial charge in [-0.1, -0.05) is 23.7 Å². The van der Waals surface area contributed by atoms with Gasteiger partial charge in [0, 0.05) is 38.1 Å². The molecule has 1 aliphatic rings. The average Bonchev–Trinajstić information content (AvgIpc) is 2.42. The van der Waals surface area contributed by atoms with E-state index < -0.39 is 0 Å². The van der Waals surface area contributed by atoms with Crippen molar-refractivity contribution in [2.45, 2.75) is 13.0 Å². The molecular formula is C14H16ClN3O. The second-order valence-corrected chi connectivity index (χ2v) is 5.06. The molecule has 1 aromatic rings. The summed E-state index contributed by atoms with van der Waals surface area (Å²) in [5, 5.41) is 10.0. The highest BCUT2D eigenvalue weighted by atomic mass is 35.5. The minimum atomic E-state index is -0.272. The van der Waals surface area contributed by atoms with Gasteiger partial charge in [-0.2, -0.15) is 5.26 Å². The molecule has 0 aromatic heterocycles. The van der Waals surface area contributed by atoms with Gasteiger partial charge in [0.15, 0.2) is 0 Å². The molecule has 100 valence electrons. The lowest BCUT2D eigenvalue weighted by molar-refractivity contribution is -0.130. The zero-order valence-electron chi connectivity index (χ0n) is 10.8. The molecule has 1 saturated heterocycles. The highest BCUT2D eigenvalue weighted by molar-refractivity contribution is 6.30. The lowest BCUT2D eigenvalue weighted by Gasteiger charge is -2.36. The second kappa shape index (κ2) is 6.05. The van der Waals surface area contributed by atoms with Crippen LogP contribution in [-0.4, -0.2) is 41.9 Å². The number of piperazine rings is 1. The van der Waals surface area contributed by atoms with Gasteiger partial charge in [0.2, 0.25) is 5.91 Å². The van der Waals surface area contributed by atoms with Crippen molar-refractivity contribution in [3.63, 3.8) is 0 Å². The molecule has 1 aliphatic heterocycles. The first-order chi connectivity index (χ1) is 9.11. The van der Waals surface area contributed by atoms with E-state index >= 15 is 0 Å². The molecule has 1 aromatic carbocycles. The number of hydrogen-bond acceptors (Lipinski definition) is 3. The van der Waals surface area contributed by atoms with Crippen LogP contribution in [0.5, 0.6) is 0 Å². The van der Waals surface area contributed by atoms with Crippen molar-refractivity contribution in [1.82, 2.24) is 9.80 Å². The number of hydrogen-bond donors (Lipinski definition) is 0. The lowest BCUT2D eigenvalue weighted by atomic mass is 10.1. The molecule has 1 unspecified atom stereocenters. The summed E-state index contributed by atoms with van der Waals surface area (Å²) < 4.78 is 0. The van der Waals surface area contributed by atoms with E-state index in [9.17, 15) is 10.1 Å². The maximum absolute atomic E-state index is 11.3. The fraction of sp³-hybridized carbons (Fsp3) is 0.429. The summed E-state index contributed by atoms with van der Waals surface area (Å²) in [5.74, 6) is 0.0969. The Balaban J connectivity index is 2.06. The third kappa shape index (κ3) is 3.25. The number of nitriles is 1. The van der Waals surface area contributed by atoms with Crippen molar-refractivity contribution < 1.29 is 4.79 Å². The van der Waals surface area contributed by atoms with Gasteiger partial charge in [0.05, 0.1) is 6.07 Å². The van der Waals surface area contributed by atoms with Crippen LogP contribution in [0, 0.1) is 11.3 Å². The smallest absolute Gasteiger partial charge is 0.219 e. The van der Waals surface area contributed by atoms with E-state index in [0.29, 0.717) is 18.1 Å². The number of amides is 1. The number of carbonyl (C=O) groups is 1. The number of nitrogens with zero attached hydrogens (tertiary/aromatic N) is 3. The van der Waals surface area contributed by atoms with Crippen LogP contribution in [-0.2, 0) is 4.79 Å². The van der Waals surface area contributed by atoms with Crippen LogP contribution in [0.2, 0.25) is 5.02 Å². The summed E-state index contributed by atoms with van der Waals surface area (Å²) in [6.45, 7) is 4.39. The number of carbonyl (C=O) groups excluding carboxylic acids is 1. The molecule has 1 fully saturated rings. The summed E-state index contributed by atoms with van der Waals surface area (Å²) in [6, 6.07) is 9.42. The van der Waals surface area contributed by atoms with Crippen LogP contribution in [0.4, 0.5) is 0 Å². The van der Waals surface area contributed by atoms with Gasteiger partial charge < -0.3 is 4.90 Å². The summed E-state index contributed by atoms with van der Waals surface area (Å²) in [7, 11) is 0. The highest BCUT2D eigenvalue weighted by Crippen LogP contribution is 2.23. The monoisotopic (exact) mass is 277 g/mol. The van der Waals surface area contributed by atoms with E-state index in [1.165, 1.54) is 0 Å². The van der Waals surface area contributed by atoms with Crippen LogP contribution in [0.3, 0.4) is 0 Å². The molecule has 1 amide bonds. The van der Waals surface area contributed by atoms with Crippen LogP contribution < -0.4 is 0 Å². The van der Waals surface area contributed by atoms with E-state index in [1.807, 2.05) is 17.0 Å². The van der Waals surface area contributed by atoms with E-state index in [2.05, 4.69) is 11.0 Å². The van der Waals surface area contributed by atoms with Crippen molar-refractivity contribution in [3.05, 3.63) is 34.9 Å². The van der Waals surface area contributed by atoms with Gasteiger partial charge >= 0.3 is 0 Å². The summed E-state index contributed by atoms with van der Waals surface area (Å²) in [5.41, 5.74) is 0.947. The Bertz CT molecular complexity index is 486. The third-order valence-corrected chi connectivity index (χ3v) is 3.68. The first kappa shape index (κ1) is 13.9. The maximum atomic E-state index is 11.3. The minimum absolute atomic E-state index is 0.0969. The van der Waals surface area contributed by atoms with Gasteiger partial charge in [-0.3, -0.25) is 9.69 Å². The molecule has 0 aliphatic carbocycles. The molecule has 1 heterocycles. The van der Waals surface area contributed by atoms with E-state index in [1.54, 1.807) is 19.1 Å². The molecule has 0 spiro atoms. The van der Waals surface area contributed by atoms with Crippen molar-refractivity contribution in [2.24, 2.45) is 0 Å². The molecule has 0 saturated carbocycles. The van der Waals surface area contributed by atoms with Crippen LogP contribution in [0.1, 0.15) is 18.5 Å². The van der Waals surface area contributed by atoms with E-state index in [0.717, 1.165) is 18.7 Å². The van der Waals surface area contributed by atoms with Gasteiger partial charge in [0.1, 0.15) is 6.04 Å². The number of rotatable bonds is 2. The zero-order chi connectivity index (χ0) is 13.8. The normalized spacial score (nSPS) is 17.8. The molecule has 4 nitrogen and oxygen atoms in total. The lowest BCUT2D eigenvalue weighted by Crippen LogP contribution is -2.48. The Hall–Kier alpha value is -1.57. The maximum Gasteiger partial charge on any atom is 0.219 e. The van der Waals surface area contributed by atoms with Crippen molar-refractivity contribution in [3.8, 4) is 6.07 Å². The SMILES string of the molecule is CC(=O)N1CCN(C(C#N)c2ccc(Cl)cc2)CC1. The number of benzene rings is 1. The van der Waals surface area contributed by atoms with Crippen molar-refractivity contribution >= 4 is 17.5 Å². The molecule has 1 atom stereocenters. The van der Waals surface area contributed by atoms with E-state index in [-0.39, 0.29) is 11.9 Å². The Labute approximate surface area is 118 Å². The molecule has 5 heteroatoms. The van der Waals surface area contributed by atoms with Gasteiger partial charge in [-0.15, -0.1) is 0 Å². The summed E-state index contributed by atoms with van der Waals surface area (Å²) in [6.07, 6.45) is 0. The van der Waals surface area contributed by atoms with Crippen molar-refractivity contribution in [2.75, 3.05) is 26.2 Å². The number of halogens is 1. The molecule has 19 heavy (non-hydrogen) atoms. The molecule has 0 bridgehead atoms. The predicted octanol–water partition coefficient (Wildman–Crippen LogP) is 2.07. The van der Waals surface area contributed by atoms with Crippen LogP contribution >= 0.6 is 11.6 Å². The first-order valence-corrected chi connectivity index (χ1v) is 6.64. The van der Waals surface area contributed by atoms with Crippen LogP contribution in [0.25, 0.3) is 0 Å². The zero-order valence-corrected chi connectivity index (χ0v) is 11.6. The Morgan fingerprint density at radius 1 is 1.26 bits per heavy atom. The average molecular weight is 278 g/mol. The summed E-state index contributed by atoms with van der Waals surface area (Å²) in [4.78, 5) is 15.2. The fourth-order valence-electron chi connectivity index (χ4n) is 2.31. The molecule has 0 radical (unpaired) electrons. The van der Waals surface area contributed by atoms with Crippen molar-refractivity contribution in [1.29, 1.82) is 5.26 Å². The molecular weight excluding hydrogens is 262 g/mol. The summed E-state index contributed by atoms with van der Waals surface area (Å²) >= 11 is 5.86. The van der Waals surface area contributed by atoms with Gasteiger partial charge in [-0.25, -0.2) is 0 Å². The molecule has 2 rings (SSSR count). The second-order valence-electron chi connectivity index (χ2n) is 4.63.